The summed E-state index contributed by atoms with van der Waals surface area (Å²) in [4.78, 5) is 44.1. The van der Waals surface area contributed by atoms with Crippen molar-refractivity contribution in [1.29, 1.82) is 0 Å². The second-order valence-corrected chi connectivity index (χ2v) is 17.3. The molecule has 3 aromatic heterocycles. The summed E-state index contributed by atoms with van der Waals surface area (Å²) in [5, 5.41) is 0. The minimum Gasteiger partial charge on any atom is -0.461 e. The highest BCUT2D eigenvalue weighted by atomic mass is 32.1. The molecule has 346 valence electrons. The summed E-state index contributed by atoms with van der Waals surface area (Å²) < 4.78 is 11.3. The van der Waals surface area contributed by atoms with E-state index in [0.717, 1.165) is 100 Å². The van der Waals surface area contributed by atoms with Gasteiger partial charge in [0.1, 0.15) is 13.2 Å². The van der Waals surface area contributed by atoms with Crippen molar-refractivity contribution in [2.45, 2.75) is 64.9 Å². The summed E-state index contributed by atoms with van der Waals surface area (Å²) >= 11 is 8.65. The monoisotopic (exact) mass is 938 g/mol. The molecule has 10 heteroatoms. The maximum atomic E-state index is 13.2. The largest absolute Gasteiger partial charge is 0.461 e. The number of benzene rings is 2. The minimum absolute atomic E-state index is 0.158. The number of carbonyl (C=O) groups is 2. The van der Waals surface area contributed by atoms with Crippen LogP contribution in [0, 0.1) is 13.8 Å². The number of fused-ring (bicyclic) bond motifs is 8. The van der Waals surface area contributed by atoms with Crippen LogP contribution in [0.25, 0.3) is 68.7 Å². The Morgan fingerprint density at radius 2 is 0.971 bits per heavy atom. The topological polar surface area (TPSA) is 110 Å². The number of hydrogen-bond donors (Lipinski definition) is 4. The smallest absolute Gasteiger partial charge is 0.306 e. The highest BCUT2D eigenvalue weighted by Gasteiger charge is 2.23. The van der Waals surface area contributed by atoms with Gasteiger partial charge in [0.25, 0.3) is 0 Å². The van der Waals surface area contributed by atoms with Crippen LogP contribution in [0.1, 0.15) is 107 Å². The standard InChI is InChI=1S/C58H58N4O4S2/c1-7-45-37(3)49-31-50-39(5)47(25-27-57(63)65-29-13-9-11-15-41-17-21-43(35-67)22-18-41)55(61-50)34-56-48(26-28-58(64)66-30-14-10-12-16-42-19-23-44(36-68)24-20-42)40(6)52(62-56)33-54-46(8-2)38(4)51(60-54)32-53(45)59-49/h7-24,31-34,59-60,67-68H,1-2,25-30,35-36H2,3-6H3/b13-9+,14-10+,15-11+,16-12+,49-31?,50-31?,51-32?,52-33?,53-32?,54-33?,55-34?,56-34?. The molecular weight excluding hydrogens is 881 g/mol. The van der Waals surface area contributed by atoms with Gasteiger partial charge in [0.15, 0.2) is 0 Å². The Morgan fingerprint density at radius 3 is 1.40 bits per heavy atom. The van der Waals surface area contributed by atoms with Crippen molar-refractivity contribution in [3.8, 4) is 0 Å². The molecule has 0 amide bonds. The van der Waals surface area contributed by atoms with E-state index in [1.165, 1.54) is 0 Å². The van der Waals surface area contributed by atoms with Crippen LogP contribution in [0.4, 0.5) is 0 Å². The fraction of sp³-hybridized carbons (Fsp3) is 0.207. The van der Waals surface area contributed by atoms with Gasteiger partial charge >= 0.3 is 11.9 Å². The Hall–Kier alpha value is -6.88. The maximum absolute atomic E-state index is 13.2. The number of aryl methyl sites for hydroxylation is 2. The van der Waals surface area contributed by atoms with E-state index in [2.05, 4.69) is 98.6 Å². The zero-order chi connectivity index (χ0) is 48.2. The molecule has 7 rings (SSSR count). The highest BCUT2D eigenvalue weighted by molar-refractivity contribution is 7.79. The lowest BCUT2D eigenvalue weighted by molar-refractivity contribution is -0.143. The minimum atomic E-state index is -0.312. The van der Waals surface area contributed by atoms with Gasteiger partial charge in [-0.2, -0.15) is 25.3 Å². The third-order valence-corrected chi connectivity index (χ3v) is 13.0. The molecule has 0 spiro atoms. The summed E-state index contributed by atoms with van der Waals surface area (Å²) in [6, 6.07) is 24.6. The molecule has 5 heterocycles. The van der Waals surface area contributed by atoms with Crippen molar-refractivity contribution in [3.05, 3.63) is 190 Å². The van der Waals surface area contributed by atoms with Crippen molar-refractivity contribution < 1.29 is 19.1 Å². The van der Waals surface area contributed by atoms with Crippen molar-refractivity contribution >= 4 is 106 Å². The van der Waals surface area contributed by atoms with Crippen molar-refractivity contribution in [2.24, 2.45) is 0 Å². The molecule has 0 saturated carbocycles. The number of aromatic amines is 2. The first kappa shape index (κ1) is 49.0. The van der Waals surface area contributed by atoms with Gasteiger partial charge in [-0.3, -0.25) is 9.59 Å². The molecule has 8 nitrogen and oxygen atoms in total. The molecule has 0 radical (unpaired) electrons. The number of allylic oxidation sites excluding steroid dienone is 8. The average Bonchev–Trinajstić information content (AvgIpc) is 4.01. The normalized spacial score (nSPS) is 12.9. The number of nitrogens with zero attached hydrogens (tertiary/aromatic N) is 2. The summed E-state index contributed by atoms with van der Waals surface area (Å²) in [6.45, 7) is 16.8. The van der Waals surface area contributed by atoms with Crippen LogP contribution in [-0.2, 0) is 30.6 Å². The highest BCUT2D eigenvalue weighted by Crippen LogP contribution is 2.38. The van der Waals surface area contributed by atoms with Crippen molar-refractivity contribution in [1.82, 2.24) is 19.9 Å². The fourth-order valence-corrected chi connectivity index (χ4v) is 8.67. The maximum Gasteiger partial charge on any atom is 0.306 e. The van der Waals surface area contributed by atoms with Gasteiger partial charge in [-0.1, -0.05) is 110 Å². The Kier molecular flexibility index (Phi) is 16.7. The van der Waals surface area contributed by atoms with E-state index in [9.17, 15) is 9.59 Å². The number of thiol groups is 2. The molecule has 0 aliphatic carbocycles. The van der Waals surface area contributed by atoms with Crippen LogP contribution >= 0.6 is 25.3 Å². The number of H-pyrrole nitrogens is 2. The number of hydrogen-bond acceptors (Lipinski definition) is 8. The quantitative estimate of drug-likeness (QED) is 0.0396. The van der Waals surface area contributed by atoms with Crippen LogP contribution in [0.15, 0.2) is 122 Å². The van der Waals surface area contributed by atoms with E-state index >= 15 is 0 Å². The van der Waals surface area contributed by atoms with Gasteiger partial charge in [-0.05, 0) is 133 Å². The Balaban J connectivity index is 1.17. The van der Waals surface area contributed by atoms with Crippen molar-refractivity contribution in [3.63, 3.8) is 0 Å². The van der Waals surface area contributed by atoms with E-state index < -0.39 is 0 Å². The first-order chi connectivity index (χ1) is 33.0. The summed E-state index contributed by atoms with van der Waals surface area (Å²) in [6.07, 6.45) is 20.1. The first-order valence-corrected chi connectivity index (χ1v) is 24.0. The number of esters is 2. The fourth-order valence-electron chi connectivity index (χ4n) is 8.25. The second-order valence-electron chi connectivity index (χ2n) is 16.7. The molecule has 2 N–H and O–H groups in total. The zero-order valence-corrected chi connectivity index (χ0v) is 41.0. The number of carbonyl (C=O) groups excluding carboxylic acids is 2. The molecule has 0 unspecified atom stereocenters. The molecule has 2 aromatic carbocycles. The van der Waals surface area contributed by atoms with Gasteiger partial charge in [-0.25, -0.2) is 9.97 Å². The molecule has 0 atom stereocenters. The molecule has 0 saturated heterocycles. The van der Waals surface area contributed by atoms with Crippen LogP contribution < -0.4 is 0 Å². The molecule has 68 heavy (non-hydrogen) atoms. The first-order valence-electron chi connectivity index (χ1n) is 22.8. The van der Waals surface area contributed by atoms with E-state index in [4.69, 9.17) is 19.4 Å². The number of ether oxygens (including phenoxy) is 2. The number of rotatable bonds is 18. The van der Waals surface area contributed by atoms with Crippen LogP contribution in [0.5, 0.6) is 0 Å². The van der Waals surface area contributed by atoms with E-state index in [1.54, 1.807) is 0 Å². The van der Waals surface area contributed by atoms with Crippen molar-refractivity contribution in [2.75, 3.05) is 13.2 Å². The SMILES string of the molecule is C=Cc1c(C)c2cc3[nH]c(cc4nc(cc5nc(cc1[nH]2)C(C)=C5CCC(=O)OC/C=C/C=C/c1ccc(CS)cc1)C(CCC(=O)OC/C=C/C=C/c1ccc(CS)cc1)=C4C)c(C)c3C=C. The predicted octanol–water partition coefficient (Wildman–Crippen LogP) is 14.1. The zero-order valence-electron chi connectivity index (χ0n) is 39.2. The van der Waals surface area contributed by atoms with Gasteiger partial charge < -0.3 is 19.4 Å². The summed E-state index contributed by atoms with van der Waals surface area (Å²) in [5.74, 6) is 0.776. The third-order valence-electron chi connectivity index (χ3n) is 12.3. The lowest BCUT2D eigenvalue weighted by atomic mass is 9.98. The van der Waals surface area contributed by atoms with Gasteiger partial charge in [0, 0.05) is 57.5 Å². The van der Waals surface area contributed by atoms with Gasteiger partial charge in [0.05, 0.1) is 22.8 Å². The molecule has 2 aliphatic heterocycles. The lowest BCUT2D eigenvalue weighted by Crippen LogP contribution is -2.05. The molecule has 2 aliphatic rings. The van der Waals surface area contributed by atoms with Gasteiger partial charge in [-0.15, -0.1) is 0 Å². The molecular formula is C58H58N4O4S2. The number of nitrogens with one attached hydrogen (secondary N) is 2. The van der Waals surface area contributed by atoms with Gasteiger partial charge in [0.2, 0.25) is 0 Å². The molecule has 5 aromatic rings. The molecule has 8 bridgehead atoms. The average molecular weight is 939 g/mol. The van der Waals surface area contributed by atoms with Crippen LogP contribution in [0.2, 0.25) is 0 Å². The molecule has 0 fully saturated rings. The summed E-state index contributed by atoms with van der Waals surface area (Å²) in [7, 11) is 0. The second kappa shape index (κ2) is 23.2. The lowest BCUT2D eigenvalue weighted by Gasteiger charge is -2.07. The van der Waals surface area contributed by atoms with Crippen LogP contribution in [-0.4, -0.2) is 45.1 Å². The Bertz CT molecular complexity index is 3090. The summed E-state index contributed by atoms with van der Waals surface area (Å²) in [5.41, 5.74) is 18.8. The Morgan fingerprint density at radius 1 is 0.559 bits per heavy atom. The van der Waals surface area contributed by atoms with E-state index in [0.29, 0.717) is 35.7 Å². The van der Waals surface area contributed by atoms with E-state index in [1.807, 2.05) is 111 Å². The Labute approximate surface area is 410 Å². The predicted molar refractivity (Wildman–Crippen MR) is 291 cm³/mol. The van der Waals surface area contributed by atoms with E-state index in [-0.39, 0.29) is 38.0 Å². The third kappa shape index (κ3) is 12.0. The number of aromatic nitrogens is 4. The van der Waals surface area contributed by atoms with Crippen LogP contribution in [0.3, 0.4) is 0 Å².